The highest BCUT2D eigenvalue weighted by Gasteiger charge is 2.46. The molecule has 1 saturated carbocycles. The van der Waals surface area contributed by atoms with Crippen LogP contribution in [0.2, 0.25) is 0 Å². The average Bonchev–Trinajstić information content (AvgIpc) is 3.10. The number of carbonyl (C=O) groups excluding carboxylic acids is 2. The summed E-state index contributed by atoms with van der Waals surface area (Å²) in [6.45, 7) is 6.06. The zero-order chi connectivity index (χ0) is 19.3. The van der Waals surface area contributed by atoms with Crippen molar-refractivity contribution in [2.75, 3.05) is 6.54 Å². The summed E-state index contributed by atoms with van der Waals surface area (Å²) >= 11 is 1.53. The summed E-state index contributed by atoms with van der Waals surface area (Å²) in [7, 11) is 0. The van der Waals surface area contributed by atoms with Crippen LogP contribution in [0, 0.1) is 0 Å². The molecule has 0 spiro atoms. The molecule has 3 fully saturated rings. The van der Waals surface area contributed by atoms with Crippen molar-refractivity contribution in [2.45, 2.75) is 76.1 Å². The van der Waals surface area contributed by atoms with E-state index in [2.05, 4.69) is 15.5 Å². The van der Waals surface area contributed by atoms with Gasteiger partial charge in [-0.3, -0.25) is 5.21 Å². The van der Waals surface area contributed by atoms with Gasteiger partial charge in [0.1, 0.15) is 15.6 Å². The lowest BCUT2D eigenvalue weighted by Crippen LogP contribution is -2.45. The summed E-state index contributed by atoms with van der Waals surface area (Å²) in [5, 5.41) is 24.0. The highest BCUT2D eigenvalue weighted by Crippen LogP contribution is 2.42. The van der Waals surface area contributed by atoms with E-state index >= 15 is 0 Å². The zero-order valence-corrected chi connectivity index (χ0v) is 16.5. The molecule has 2 saturated heterocycles. The number of alkyl carbamates (subject to hydrolysis) is 1. The Hall–Kier alpha value is -1.94. The van der Waals surface area contributed by atoms with E-state index in [1.54, 1.807) is 4.90 Å². The molecule has 27 heavy (non-hydrogen) atoms. The van der Waals surface area contributed by atoms with Crippen LogP contribution in [0.5, 0.6) is 0 Å². The molecule has 148 valence electrons. The van der Waals surface area contributed by atoms with Crippen LogP contribution in [0.15, 0.2) is 0 Å². The van der Waals surface area contributed by atoms with E-state index in [4.69, 9.17) is 4.74 Å². The summed E-state index contributed by atoms with van der Waals surface area (Å²) in [6, 6.07) is -0.458. The number of fused-ring (bicyclic) bond motifs is 2. The van der Waals surface area contributed by atoms with Gasteiger partial charge in [0.25, 0.3) is 0 Å². The molecule has 3 heterocycles. The minimum Gasteiger partial charge on any atom is -0.444 e. The number of aromatic nitrogens is 2. The van der Waals surface area contributed by atoms with E-state index < -0.39 is 5.60 Å². The van der Waals surface area contributed by atoms with E-state index in [0.29, 0.717) is 6.54 Å². The lowest BCUT2D eigenvalue weighted by atomic mass is 9.81. The highest BCUT2D eigenvalue weighted by atomic mass is 32.1. The molecule has 1 aliphatic carbocycles. The normalized spacial score (nSPS) is 30.3. The van der Waals surface area contributed by atoms with Gasteiger partial charge in [-0.05, 0) is 46.5 Å². The van der Waals surface area contributed by atoms with Gasteiger partial charge < -0.3 is 15.0 Å². The van der Waals surface area contributed by atoms with Crippen LogP contribution in [0.25, 0.3) is 0 Å². The van der Waals surface area contributed by atoms with Crippen LogP contribution in [-0.4, -0.2) is 61.7 Å². The molecule has 10 heteroatoms. The Kier molecular flexibility index (Phi) is 4.50. The lowest BCUT2D eigenvalue weighted by Gasteiger charge is -2.34. The van der Waals surface area contributed by atoms with Crippen LogP contribution >= 0.6 is 11.3 Å². The molecule has 1 aromatic rings. The van der Waals surface area contributed by atoms with Crippen molar-refractivity contribution in [2.24, 2.45) is 0 Å². The second-order valence-electron chi connectivity index (χ2n) is 8.52. The van der Waals surface area contributed by atoms with Gasteiger partial charge in [0, 0.05) is 18.5 Å². The first kappa shape index (κ1) is 18.4. The number of ether oxygens (including phenoxy) is 1. The first-order chi connectivity index (χ1) is 12.7. The van der Waals surface area contributed by atoms with Crippen molar-refractivity contribution < 1.29 is 19.5 Å². The van der Waals surface area contributed by atoms with Crippen LogP contribution < -0.4 is 5.32 Å². The quantitative estimate of drug-likeness (QED) is 0.762. The minimum atomic E-state index is -0.502. The van der Waals surface area contributed by atoms with Gasteiger partial charge in [-0.15, -0.1) is 10.2 Å². The second-order valence-corrected chi connectivity index (χ2v) is 9.56. The first-order valence-electron chi connectivity index (χ1n) is 9.33. The molecule has 2 bridgehead atoms. The van der Waals surface area contributed by atoms with Gasteiger partial charge >= 0.3 is 12.1 Å². The second kappa shape index (κ2) is 6.59. The predicted molar refractivity (Wildman–Crippen MR) is 96.5 cm³/mol. The minimum absolute atomic E-state index is 0.0933. The fourth-order valence-corrected chi connectivity index (χ4v) is 4.98. The van der Waals surface area contributed by atoms with Crippen molar-refractivity contribution >= 4 is 23.5 Å². The molecular weight excluding hydrogens is 370 g/mol. The first-order valence-corrected chi connectivity index (χ1v) is 10.1. The molecule has 0 unspecified atom stereocenters. The molecule has 4 rings (SSSR count). The molecule has 2 aliphatic heterocycles. The summed E-state index contributed by atoms with van der Waals surface area (Å²) < 4.78 is 5.28. The number of piperidine rings is 1. The number of rotatable bonds is 3. The average molecular weight is 395 g/mol. The summed E-state index contributed by atoms with van der Waals surface area (Å²) in [5.41, 5.74) is -0.502. The molecule has 9 nitrogen and oxygen atoms in total. The molecule has 2 atom stereocenters. The zero-order valence-electron chi connectivity index (χ0n) is 15.7. The number of nitrogens with zero attached hydrogens (tertiary/aromatic N) is 4. The molecule has 0 radical (unpaired) electrons. The Balaban J connectivity index is 1.32. The van der Waals surface area contributed by atoms with Gasteiger partial charge in [0.15, 0.2) is 0 Å². The topological polar surface area (TPSA) is 108 Å². The van der Waals surface area contributed by atoms with Crippen molar-refractivity contribution in [3.8, 4) is 0 Å². The Morgan fingerprint density at radius 1 is 1.26 bits per heavy atom. The largest absolute Gasteiger partial charge is 0.444 e. The maximum Gasteiger partial charge on any atom is 0.407 e. The number of hydrogen-bond donors (Lipinski definition) is 2. The van der Waals surface area contributed by atoms with E-state index in [-0.39, 0.29) is 36.2 Å². The van der Waals surface area contributed by atoms with E-state index in [1.807, 2.05) is 20.8 Å². The Bertz CT molecular complexity index is 742. The van der Waals surface area contributed by atoms with Gasteiger partial charge in [-0.1, -0.05) is 11.3 Å². The van der Waals surface area contributed by atoms with E-state index in [1.165, 1.54) is 11.3 Å². The van der Waals surface area contributed by atoms with Crippen LogP contribution in [-0.2, 0) is 4.74 Å². The van der Waals surface area contributed by atoms with E-state index in [9.17, 15) is 14.8 Å². The molecular formula is C17H25N5O4S. The smallest absolute Gasteiger partial charge is 0.407 e. The molecule has 0 aromatic carbocycles. The van der Waals surface area contributed by atoms with E-state index in [0.717, 1.165) is 40.8 Å². The maximum atomic E-state index is 12.1. The SMILES string of the molecule is CC(C)(C)OC(=O)N[C@H]1C[C@@H](c2nnc([C@@H]3CC[C@H]4CN3C(=O)N4O)s2)C1. The Labute approximate surface area is 161 Å². The van der Waals surface area contributed by atoms with Crippen molar-refractivity contribution in [1.82, 2.24) is 25.5 Å². The summed E-state index contributed by atoms with van der Waals surface area (Å²) in [5.74, 6) is 0.274. The fourth-order valence-electron chi connectivity index (χ4n) is 3.87. The Morgan fingerprint density at radius 2 is 1.96 bits per heavy atom. The van der Waals surface area contributed by atoms with Crippen molar-refractivity contribution in [3.63, 3.8) is 0 Å². The standard InChI is InChI=1S/C17H25N5O4S/c1-17(2,3)26-15(23)18-10-6-9(7-10)13-19-20-14(27-13)12-5-4-11-8-21(12)16(24)22(11)25/h9-12,25H,4-8H2,1-3H3,(H,18,23)/t9-,10+,11-,12-/m0/s1. The number of hydroxylamine groups is 2. The monoisotopic (exact) mass is 395 g/mol. The van der Waals surface area contributed by atoms with Crippen LogP contribution in [0.3, 0.4) is 0 Å². The third-order valence-corrected chi connectivity index (χ3v) is 6.48. The number of nitrogens with one attached hydrogen (secondary N) is 1. The van der Waals surface area contributed by atoms with Crippen LogP contribution in [0.4, 0.5) is 9.59 Å². The van der Waals surface area contributed by atoms with Gasteiger partial charge in [0.2, 0.25) is 0 Å². The van der Waals surface area contributed by atoms with Crippen molar-refractivity contribution in [1.29, 1.82) is 0 Å². The van der Waals surface area contributed by atoms with Crippen LogP contribution in [0.1, 0.15) is 68.4 Å². The summed E-state index contributed by atoms with van der Waals surface area (Å²) in [6.07, 6.45) is 2.79. The third-order valence-electron chi connectivity index (χ3n) is 5.29. The Morgan fingerprint density at radius 3 is 2.67 bits per heavy atom. The van der Waals surface area contributed by atoms with Crippen molar-refractivity contribution in [3.05, 3.63) is 10.0 Å². The van der Waals surface area contributed by atoms with Gasteiger partial charge in [0.05, 0.1) is 12.1 Å². The number of hydrogen-bond acceptors (Lipinski definition) is 7. The predicted octanol–water partition coefficient (Wildman–Crippen LogP) is 2.64. The van der Waals surface area contributed by atoms with Gasteiger partial charge in [-0.25, -0.2) is 14.7 Å². The summed E-state index contributed by atoms with van der Waals surface area (Å²) in [4.78, 5) is 25.6. The third kappa shape index (κ3) is 3.60. The molecule has 2 N–H and O–H groups in total. The lowest BCUT2D eigenvalue weighted by molar-refractivity contribution is -0.0584. The molecule has 3 aliphatic rings. The maximum absolute atomic E-state index is 12.1. The highest BCUT2D eigenvalue weighted by molar-refractivity contribution is 7.11. The number of carbonyl (C=O) groups is 2. The number of amides is 3. The van der Waals surface area contributed by atoms with Gasteiger partial charge in [-0.2, -0.15) is 0 Å². The molecule has 1 aromatic heterocycles. The fraction of sp³-hybridized carbons (Fsp3) is 0.765. The molecule has 3 amide bonds. The number of urea groups is 1.